The van der Waals surface area contributed by atoms with Crippen molar-refractivity contribution in [2.45, 2.75) is 59.8 Å². The molecule has 0 heterocycles. The van der Waals surface area contributed by atoms with Crippen LogP contribution in [0, 0.1) is 0 Å². The van der Waals surface area contributed by atoms with E-state index in [0.29, 0.717) is 18.8 Å². The zero-order chi connectivity index (χ0) is 25.5. The number of methoxy groups -OCH3 is 1. The number of carboxylic acid groups (broad SMARTS) is 1. The van der Waals surface area contributed by atoms with E-state index in [0.717, 1.165) is 25.7 Å². The van der Waals surface area contributed by atoms with Gasteiger partial charge in [0.25, 0.3) is 0 Å². The molecule has 8 nitrogen and oxygen atoms in total. The van der Waals surface area contributed by atoms with Gasteiger partial charge in [-0.15, -0.1) is 0 Å². The normalized spacial score (nSPS) is 9.59. The molecule has 0 saturated carbocycles. The van der Waals surface area contributed by atoms with Crippen molar-refractivity contribution in [2.75, 3.05) is 20.3 Å². The maximum atomic E-state index is 10.8. The van der Waals surface area contributed by atoms with Gasteiger partial charge in [0.2, 0.25) is 0 Å². The highest BCUT2D eigenvalue weighted by Crippen LogP contribution is 2.04. The predicted octanol–water partition coefficient (Wildman–Crippen LogP) is 4.56. The van der Waals surface area contributed by atoms with Crippen molar-refractivity contribution < 1.29 is 38.5 Å². The lowest BCUT2D eigenvalue weighted by Crippen LogP contribution is -2.05. The van der Waals surface area contributed by atoms with Crippen LogP contribution in [0.25, 0.3) is 0 Å². The van der Waals surface area contributed by atoms with Gasteiger partial charge in [-0.05, 0) is 33.1 Å². The zero-order valence-corrected chi connectivity index (χ0v) is 20.0. The van der Waals surface area contributed by atoms with Gasteiger partial charge in [0, 0.05) is 22.8 Å². The summed E-state index contributed by atoms with van der Waals surface area (Å²) in [5, 5.41) is 8.48. The fourth-order valence-electron chi connectivity index (χ4n) is 1.40. The standard InChI is InChI=1S/C9H12O4.C8H14O2.C7H12O2/c1-6(8(10)11)4-5-7(2)9(12)13-3;1-4-5-6-10-8(9)7(2)3;1-3-5-6-9-7(8)4-2/h4H,2,5H2,1,3H3,(H,10,11);2,4-6H2,1,3H3;4H,2-3,5-6H2,1H3. The van der Waals surface area contributed by atoms with E-state index in [1.54, 1.807) is 6.92 Å². The molecular weight excluding hydrogens is 416 g/mol. The molecule has 1 N–H and O–H groups in total. The number of rotatable bonds is 12. The molecule has 0 aromatic carbocycles. The molecule has 0 spiro atoms. The van der Waals surface area contributed by atoms with Crippen LogP contribution in [0.15, 0.2) is 48.6 Å². The fraction of sp³-hybridized carbons (Fsp3) is 0.500. The monoisotopic (exact) mass is 454 g/mol. The number of hydrogen-bond donors (Lipinski definition) is 1. The first-order valence-electron chi connectivity index (χ1n) is 10.3. The number of ether oxygens (including phenoxy) is 3. The highest BCUT2D eigenvalue weighted by molar-refractivity contribution is 5.89. The lowest BCUT2D eigenvalue weighted by molar-refractivity contribution is -0.139. The number of esters is 3. The Balaban J connectivity index is -0.000000403. The molecular formula is C24H38O8. The van der Waals surface area contributed by atoms with Crippen molar-refractivity contribution in [1.82, 2.24) is 0 Å². The van der Waals surface area contributed by atoms with Gasteiger partial charge in [0.05, 0.1) is 20.3 Å². The van der Waals surface area contributed by atoms with E-state index in [2.05, 4.69) is 36.1 Å². The van der Waals surface area contributed by atoms with Crippen molar-refractivity contribution in [3.63, 3.8) is 0 Å². The average molecular weight is 455 g/mol. The van der Waals surface area contributed by atoms with Crippen LogP contribution >= 0.6 is 0 Å². The van der Waals surface area contributed by atoms with Crippen LogP contribution in [-0.4, -0.2) is 49.3 Å². The first-order chi connectivity index (χ1) is 15.0. The van der Waals surface area contributed by atoms with E-state index in [1.807, 2.05) is 6.92 Å². The van der Waals surface area contributed by atoms with Crippen molar-refractivity contribution in [1.29, 1.82) is 0 Å². The molecule has 0 aliphatic heterocycles. The average Bonchev–Trinajstić information content (AvgIpc) is 2.77. The molecule has 0 saturated heterocycles. The predicted molar refractivity (Wildman–Crippen MR) is 124 cm³/mol. The van der Waals surface area contributed by atoms with Gasteiger partial charge in [-0.1, -0.05) is 52.5 Å². The third kappa shape index (κ3) is 23.1. The maximum absolute atomic E-state index is 10.8. The van der Waals surface area contributed by atoms with E-state index in [9.17, 15) is 19.2 Å². The molecule has 0 rings (SSSR count). The molecule has 0 radical (unpaired) electrons. The Morgan fingerprint density at radius 2 is 1.41 bits per heavy atom. The number of aliphatic carboxylic acids is 1. The Morgan fingerprint density at radius 1 is 0.906 bits per heavy atom. The van der Waals surface area contributed by atoms with E-state index in [-0.39, 0.29) is 29.5 Å². The summed E-state index contributed by atoms with van der Waals surface area (Å²) in [7, 11) is 1.25. The summed E-state index contributed by atoms with van der Waals surface area (Å²) in [6.07, 6.45) is 6.74. The molecule has 0 bridgehead atoms. The largest absolute Gasteiger partial charge is 0.478 e. The second-order valence-corrected chi connectivity index (χ2v) is 6.49. The SMILES string of the molecule is C=C(C)C(=O)OCCCC.C=C(CC=C(C)C(=O)O)C(=O)OC.C=CC(=O)OCCCC. The third-order valence-electron chi connectivity index (χ3n) is 3.45. The summed E-state index contributed by atoms with van der Waals surface area (Å²) < 4.78 is 13.9. The molecule has 0 amide bonds. The summed E-state index contributed by atoms with van der Waals surface area (Å²) >= 11 is 0. The summed E-state index contributed by atoms with van der Waals surface area (Å²) in [4.78, 5) is 42.2. The first-order valence-corrected chi connectivity index (χ1v) is 10.3. The van der Waals surface area contributed by atoms with Crippen LogP contribution in [-0.2, 0) is 33.4 Å². The van der Waals surface area contributed by atoms with E-state index in [4.69, 9.17) is 9.84 Å². The van der Waals surface area contributed by atoms with Gasteiger partial charge < -0.3 is 19.3 Å². The summed E-state index contributed by atoms with van der Waals surface area (Å²) in [6, 6.07) is 0. The van der Waals surface area contributed by atoms with Crippen LogP contribution in [0.3, 0.4) is 0 Å². The second-order valence-electron chi connectivity index (χ2n) is 6.49. The Morgan fingerprint density at radius 3 is 1.78 bits per heavy atom. The molecule has 0 fully saturated rings. The molecule has 0 aromatic rings. The van der Waals surface area contributed by atoms with E-state index in [1.165, 1.54) is 26.2 Å². The van der Waals surface area contributed by atoms with Gasteiger partial charge in [0.1, 0.15) is 0 Å². The number of carboxylic acids is 1. The summed E-state index contributed by atoms with van der Waals surface area (Å²) in [5.41, 5.74) is 0.893. The van der Waals surface area contributed by atoms with Crippen LogP contribution < -0.4 is 0 Å². The lowest BCUT2D eigenvalue weighted by atomic mass is 10.1. The molecule has 0 aromatic heterocycles. The number of allylic oxidation sites excluding steroid dienone is 1. The van der Waals surface area contributed by atoms with Gasteiger partial charge in [-0.3, -0.25) is 0 Å². The van der Waals surface area contributed by atoms with Crippen molar-refractivity contribution in [2.24, 2.45) is 0 Å². The fourth-order valence-corrected chi connectivity index (χ4v) is 1.40. The van der Waals surface area contributed by atoms with Crippen LogP contribution in [0.2, 0.25) is 0 Å². The number of unbranched alkanes of at least 4 members (excludes halogenated alkanes) is 2. The smallest absolute Gasteiger partial charge is 0.333 e. The highest BCUT2D eigenvalue weighted by Gasteiger charge is 2.06. The molecule has 32 heavy (non-hydrogen) atoms. The van der Waals surface area contributed by atoms with Crippen LogP contribution in [0.4, 0.5) is 0 Å². The molecule has 0 atom stereocenters. The maximum Gasteiger partial charge on any atom is 0.333 e. The van der Waals surface area contributed by atoms with E-state index >= 15 is 0 Å². The summed E-state index contributed by atoms with van der Waals surface area (Å²) in [6.45, 7) is 18.4. The van der Waals surface area contributed by atoms with Gasteiger partial charge in [-0.25, -0.2) is 19.2 Å². The minimum absolute atomic E-state index is 0.185. The molecule has 182 valence electrons. The minimum atomic E-state index is -1.00. The highest BCUT2D eigenvalue weighted by atomic mass is 16.5. The van der Waals surface area contributed by atoms with E-state index < -0.39 is 11.9 Å². The quantitative estimate of drug-likeness (QED) is 0.197. The van der Waals surface area contributed by atoms with Crippen LogP contribution in [0.1, 0.15) is 59.8 Å². The summed E-state index contributed by atoms with van der Waals surface area (Å²) in [5.74, 6) is -2.14. The first kappa shape index (κ1) is 33.5. The molecule has 0 aliphatic rings. The Bertz CT molecular complexity index is 659. The lowest BCUT2D eigenvalue weighted by Gasteiger charge is -2.01. The molecule has 0 unspecified atom stereocenters. The Kier molecular flexibility index (Phi) is 23.6. The van der Waals surface area contributed by atoms with Crippen molar-refractivity contribution in [3.05, 3.63) is 48.6 Å². The third-order valence-corrected chi connectivity index (χ3v) is 3.45. The van der Waals surface area contributed by atoms with Gasteiger partial charge in [-0.2, -0.15) is 0 Å². The number of hydrogen-bond acceptors (Lipinski definition) is 7. The Labute approximate surface area is 191 Å². The minimum Gasteiger partial charge on any atom is -0.478 e. The Hall–Kier alpha value is -3.16. The van der Waals surface area contributed by atoms with Crippen molar-refractivity contribution >= 4 is 23.9 Å². The van der Waals surface area contributed by atoms with Crippen molar-refractivity contribution in [3.8, 4) is 0 Å². The molecule has 0 aliphatic carbocycles. The van der Waals surface area contributed by atoms with Gasteiger partial charge >= 0.3 is 23.9 Å². The number of carbonyl (C=O) groups excluding carboxylic acids is 3. The zero-order valence-electron chi connectivity index (χ0n) is 20.0. The number of carbonyl (C=O) groups is 4. The second kappa shape index (κ2) is 22.5. The van der Waals surface area contributed by atoms with Crippen LogP contribution in [0.5, 0.6) is 0 Å². The topological polar surface area (TPSA) is 116 Å². The molecule has 8 heteroatoms. The van der Waals surface area contributed by atoms with Gasteiger partial charge in [0.15, 0.2) is 0 Å².